The van der Waals surface area contributed by atoms with Gasteiger partial charge in [0.1, 0.15) is 5.76 Å². The highest BCUT2D eigenvalue weighted by Crippen LogP contribution is 2.36. The Morgan fingerprint density at radius 1 is 1.44 bits per heavy atom. The molecule has 0 aromatic carbocycles. The molecule has 1 atom stereocenters. The van der Waals surface area contributed by atoms with E-state index < -0.39 is 0 Å². The van der Waals surface area contributed by atoms with Gasteiger partial charge in [-0.05, 0) is 24.7 Å². The number of rotatable bonds is 2. The molecule has 98 valence electrons. The van der Waals surface area contributed by atoms with Crippen LogP contribution in [0.25, 0.3) is 0 Å². The van der Waals surface area contributed by atoms with Gasteiger partial charge >= 0.3 is 0 Å². The van der Waals surface area contributed by atoms with Crippen LogP contribution in [-0.2, 0) is 4.79 Å². The molecule has 5 nitrogen and oxygen atoms in total. The molecule has 2 rings (SSSR count). The molecule has 2 aliphatic rings. The summed E-state index contributed by atoms with van der Waals surface area (Å²) in [6.07, 6.45) is 5.40. The van der Waals surface area contributed by atoms with Crippen molar-refractivity contribution < 1.29 is 9.90 Å². The van der Waals surface area contributed by atoms with Crippen LogP contribution in [0.3, 0.4) is 0 Å². The Kier molecular flexibility index (Phi) is 3.59. The average Bonchev–Trinajstić information content (AvgIpc) is 2.27. The van der Waals surface area contributed by atoms with E-state index in [4.69, 9.17) is 0 Å². The van der Waals surface area contributed by atoms with E-state index in [2.05, 4.69) is 15.2 Å². The first-order valence-electron chi connectivity index (χ1n) is 6.36. The summed E-state index contributed by atoms with van der Waals surface area (Å²) >= 11 is 0. The fraction of sp³-hybridized carbons (Fsp3) is 0.692. The maximum Gasteiger partial charge on any atom is 0.187 e. The van der Waals surface area contributed by atoms with Crippen LogP contribution in [0.2, 0.25) is 0 Å². The average molecular weight is 249 g/mol. The zero-order valence-electron chi connectivity index (χ0n) is 10.9. The fourth-order valence-electron chi connectivity index (χ4n) is 2.27. The molecule has 1 heterocycles. The molecule has 1 unspecified atom stereocenters. The van der Waals surface area contributed by atoms with Crippen molar-refractivity contribution in [3.8, 4) is 0 Å². The van der Waals surface area contributed by atoms with Gasteiger partial charge in [0, 0.05) is 19.1 Å². The van der Waals surface area contributed by atoms with Crippen molar-refractivity contribution in [1.82, 2.24) is 0 Å². The van der Waals surface area contributed by atoms with Crippen molar-refractivity contribution in [3.05, 3.63) is 11.5 Å². The van der Waals surface area contributed by atoms with E-state index in [1.165, 1.54) is 0 Å². The minimum absolute atomic E-state index is 0.0554. The number of aliphatic hydroxyl groups is 1. The van der Waals surface area contributed by atoms with Crippen molar-refractivity contribution in [3.63, 3.8) is 0 Å². The SMILES string of the molecule is CC1(C)CC(=O)C(N=NC2CCCC=N2)=C(O)C1. The second kappa shape index (κ2) is 5.00. The molecule has 0 bridgehead atoms. The van der Waals surface area contributed by atoms with Gasteiger partial charge in [0.2, 0.25) is 0 Å². The Morgan fingerprint density at radius 2 is 2.22 bits per heavy atom. The first kappa shape index (κ1) is 12.9. The molecule has 0 fully saturated rings. The largest absolute Gasteiger partial charge is 0.510 e. The minimum atomic E-state index is -0.193. The van der Waals surface area contributed by atoms with Crippen molar-refractivity contribution in [2.45, 2.75) is 52.1 Å². The van der Waals surface area contributed by atoms with Crippen LogP contribution in [-0.4, -0.2) is 23.3 Å². The Balaban J connectivity index is 2.12. The maximum absolute atomic E-state index is 11.9. The second-order valence-corrected chi connectivity index (χ2v) is 5.69. The van der Waals surface area contributed by atoms with Gasteiger partial charge in [-0.1, -0.05) is 13.8 Å². The van der Waals surface area contributed by atoms with E-state index in [0.717, 1.165) is 19.3 Å². The molecule has 18 heavy (non-hydrogen) atoms. The summed E-state index contributed by atoms with van der Waals surface area (Å²) in [4.78, 5) is 16.1. The van der Waals surface area contributed by atoms with E-state index >= 15 is 0 Å². The zero-order chi connectivity index (χ0) is 13.2. The van der Waals surface area contributed by atoms with Gasteiger partial charge in [0.15, 0.2) is 17.6 Å². The first-order valence-corrected chi connectivity index (χ1v) is 6.36. The van der Waals surface area contributed by atoms with E-state index in [0.29, 0.717) is 12.8 Å². The molecule has 0 aromatic rings. The van der Waals surface area contributed by atoms with Gasteiger partial charge in [-0.3, -0.25) is 9.79 Å². The van der Waals surface area contributed by atoms with Crippen molar-refractivity contribution >= 4 is 12.0 Å². The van der Waals surface area contributed by atoms with E-state index in [1.54, 1.807) is 0 Å². The number of hydrogen-bond acceptors (Lipinski definition) is 5. The van der Waals surface area contributed by atoms with Crippen molar-refractivity contribution in [1.29, 1.82) is 0 Å². The summed E-state index contributed by atoms with van der Waals surface area (Å²) in [5.41, 5.74) is -0.0708. The predicted molar refractivity (Wildman–Crippen MR) is 68.7 cm³/mol. The number of Topliss-reactive ketones (excluding diaryl/α,β-unsaturated/α-hetero) is 1. The lowest BCUT2D eigenvalue weighted by molar-refractivity contribution is -0.118. The third-order valence-corrected chi connectivity index (χ3v) is 3.19. The smallest absolute Gasteiger partial charge is 0.187 e. The Morgan fingerprint density at radius 3 is 2.83 bits per heavy atom. The van der Waals surface area contributed by atoms with Crippen LogP contribution in [0.5, 0.6) is 0 Å². The molecule has 1 N–H and O–H groups in total. The quantitative estimate of drug-likeness (QED) is 0.763. The molecule has 0 amide bonds. The number of azo groups is 1. The third-order valence-electron chi connectivity index (χ3n) is 3.19. The normalized spacial score (nSPS) is 28.1. The van der Waals surface area contributed by atoms with Gasteiger partial charge in [0.25, 0.3) is 0 Å². The lowest BCUT2D eigenvalue weighted by Crippen LogP contribution is -2.25. The van der Waals surface area contributed by atoms with Crippen LogP contribution in [0, 0.1) is 5.41 Å². The van der Waals surface area contributed by atoms with Gasteiger partial charge in [0.05, 0.1) is 0 Å². The van der Waals surface area contributed by atoms with E-state index in [-0.39, 0.29) is 28.8 Å². The molecule has 0 radical (unpaired) electrons. The topological polar surface area (TPSA) is 74.4 Å². The van der Waals surface area contributed by atoms with Crippen molar-refractivity contribution in [2.24, 2.45) is 20.6 Å². The Bertz CT molecular complexity index is 436. The predicted octanol–water partition coefficient (Wildman–Crippen LogP) is 3.18. The number of carbonyl (C=O) groups excluding carboxylic acids is 1. The molecule has 0 saturated carbocycles. The standard InChI is InChI=1S/C13H19N3O2/c1-13(2)7-9(17)12(10(18)8-13)16-15-11-5-3-4-6-14-11/h6,11,17H,3-5,7-8H2,1-2H3. The van der Waals surface area contributed by atoms with Crippen LogP contribution in [0.15, 0.2) is 26.7 Å². The molecule has 0 spiro atoms. The number of nitrogens with zero attached hydrogens (tertiary/aromatic N) is 3. The van der Waals surface area contributed by atoms with Gasteiger partial charge in [-0.2, -0.15) is 5.11 Å². The second-order valence-electron chi connectivity index (χ2n) is 5.69. The summed E-state index contributed by atoms with van der Waals surface area (Å²) in [5.74, 6) is -0.0768. The summed E-state index contributed by atoms with van der Waals surface area (Å²) in [7, 11) is 0. The number of allylic oxidation sites excluding steroid dienone is 2. The highest BCUT2D eigenvalue weighted by Gasteiger charge is 2.33. The molecular formula is C13H19N3O2. The van der Waals surface area contributed by atoms with Crippen LogP contribution >= 0.6 is 0 Å². The highest BCUT2D eigenvalue weighted by molar-refractivity contribution is 5.96. The van der Waals surface area contributed by atoms with E-state index in [1.807, 2.05) is 20.1 Å². The molecule has 0 aromatic heterocycles. The number of carbonyl (C=O) groups is 1. The highest BCUT2D eigenvalue weighted by atomic mass is 16.3. The number of aliphatic hydroxyl groups excluding tert-OH is 1. The molecule has 0 saturated heterocycles. The van der Waals surface area contributed by atoms with Gasteiger partial charge < -0.3 is 5.11 Å². The zero-order valence-corrected chi connectivity index (χ0v) is 10.9. The molecule has 5 heteroatoms. The van der Waals surface area contributed by atoms with Crippen LogP contribution in [0.4, 0.5) is 0 Å². The lowest BCUT2D eigenvalue weighted by Gasteiger charge is -2.27. The Hall–Kier alpha value is -1.52. The van der Waals surface area contributed by atoms with Gasteiger partial charge in [-0.15, -0.1) is 5.11 Å². The third kappa shape index (κ3) is 3.03. The Labute approximate surface area is 107 Å². The summed E-state index contributed by atoms with van der Waals surface area (Å²) in [5, 5.41) is 17.8. The van der Waals surface area contributed by atoms with Crippen molar-refractivity contribution in [2.75, 3.05) is 0 Å². The number of ketones is 1. The lowest BCUT2D eigenvalue weighted by atomic mass is 9.78. The molecule has 1 aliphatic heterocycles. The monoisotopic (exact) mass is 249 g/mol. The summed E-state index contributed by atoms with van der Waals surface area (Å²) in [6, 6.07) is 0. The number of aliphatic imine (C=N–C) groups is 1. The minimum Gasteiger partial charge on any atom is -0.510 e. The fourth-order valence-corrected chi connectivity index (χ4v) is 2.27. The molecule has 1 aliphatic carbocycles. The van der Waals surface area contributed by atoms with Crippen LogP contribution < -0.4 is 0 Å². The summed E-state index contributed by atoms with van der Waals surface area (Å²) < 4.78 is 0. The maximum atomic E-state index is 11.9. The van der Waals surface area contributed by atoms with E-state index in [9.17, 15) is 9.90 Å². The number of hydrogen-bond donors (Lipinski definition) is 1. The molecular weight excluding hydrogens is 230 g/mol. The first-order chi connectivity index (χ1) is 8.48. The van der Waals surface area contributed by atoms with Gasteiger partial charge in [-0.25, -0.2) is 0 Å². The van der Waals surface area contributed by atoms with Crippen LogP contribution in [0.1, 0.15) is 46.0 Å². The summed E-state index contributed by atoms with van der Waals surface area (Å²) in [6.45, 7) is 3.92.